The van der Waals surface area contributed by atoms with E-state index >= 15 is 0 Å². The van der Waals surface area contributed by atoms with Crippen molar-refractivity contribution in [3.05, 3.63) is 29.6 Å². The van der Waals surface area contributed by atoms with Crippen molar-refractivity contribution < 1.29 is 5.11 Å². The monoisotopic (exact) mass is 223 g/mol. The van der Waals surface area contributed by atoms with Gasteiger partial charge in [0, 0.05) is 25.8 Å². The average Bonchev–Trinajstić information content (AvgIpc) is 2.30. The van der Waals surface area contributed by atoms with E-state index in [2.05, 4.69) is 16.8 Å². The number of rotatable bonds is 7. The summed E-state index contributed by atoms with van der Waals surface area (Å²) in [5.74, 6) is 0. The maximum absolute atomic E-state index is 8.97. The fourth-order valence-electron chi connectivity index (χ4n) is 1.72. The van der Waals surface area contributed by atoms with Crippen LogP contribution in [0.15, 0.2) is 18.3 Å². The fraction of sp³-hybridized carbons (Fsp3) is 0.583. The molecule has 4 nitrogen and oxygen atoms in total. The molecular weight excluding hydrogens is 202 g/mol. The lowest BCUT2D eigenvalue weighted by Gasteiger charge is -2.20. The summed E-state index contributed by atoms with van der Waals surface area (Å²) in [7, 11) is 0. The molecule has 3 N–H and O–H groups in total. The lowest BCUT2D eigenvalue weighted by molar-refractivity contribution is 0.190. The molecule has 0 fully saturated rings. The Kier molecular flexibility index (Phi) is 6.00. The van der Waals surface area contributed by atoms with E-state index in [9.17, 15) is 0 Å². The number of hydrogen-bond acceptors (Lipinski definition) is 4. The van der Waals surface area contributed by atoms with E-state index in [0.717, 1.165) is 25.2 Å². The van der Waals surface area contributed by atoms with Crippen LogP contribution in [0, 0.1) is 0 Å². The van der Waals surface area contributed by atoms with Crippen molar-refractivity contribution in [2.45, 2.75) is 26.4 Å². The van der Waals surface area contributed by atoms with E-state index < -0.39 is 0 Å². The first kappa shape index (κ1) is 13.1. The van der Waals surface area contributed by atoms with E-state index in [1.54, 1.807) is 6.20 Å². The topological polar surface area (TPSA) is 62.4 Å². The number of aromatic nitrogens is 1. The van der Waals surface area contributed by atoms with E-state index in [-0.39, 0.29) is 6.61 Å². The van der Waals surface area contributed by atoms with Gasteiger partial charge in [-0.1, -0.05) is 6.92 Å². The number of aliphatic hydroxyl groups excluding tert-OH is 1. The van der Waals surface area contributed by atoms with Gasteiger partial charge in [0.15, 0.2) is 0 Å². The zero-order valence-electron chi connectivity index (χ0n) is 9.89. The maximum atomic E-state index is 8.97. The fourth-order valence-corrected chi connectivity index (χ4v) is 1.72. The molecule has 4 heteroatoms. The molecule has 0 saturated heterocycles. The highest BCUT2D eigenvalue weighted by Gasteiger charge is 2.04. The first-order valence-corrected chi connectivity index (χ1v) is 5.77. The predicted octanol–water partition coefficient (Wildman–Crippen LogP) is 0.745. The molecule has 0 saturated carbocycles. The van der Waals surface area contributed by atoms with E-state index in [1.165, 1.54) is 5.56 Å². The minimum absolute atomic E-state index is 0.203. The van der Waals surface area contributed by atoms with Crippen LogP contribution in [0.1, 0.15) is 24.6 Å². The Bertz CT molecular complexity index is 298. The Labute approximate surface area is 97.1 Å². The molecule has 90 valence electrons. The lowest BCUT2D eigenvalue weighted by Crippen LogP contribution is -2.27. The zero-order valence-corrected chi connectivity index (χ0v) is 9.89. The number of pyridine rings is 1. The normalized spacial score (nSPS) is 11.0. The Hall–Kier alpha value is -0.970. The number of hydrogen-bond donors (Lipinski definition) is 2. The first-order valence-electron chi connectivity index (χ1n) is 5.77. The third-order valence-electron chi connectivity index (χ3n) is 2.45. The Morgan fingerprint density at radius 2 is 2.25 bits per heavy atom. The minimum atomic E-state index is 0.203. The highest BCUT2D eigenvalue weighted by Crippen LogP contribution is 2.06. The van der Waals surface area contributed by atoms with Crippen LogP contribution in [0.2, 0.25) is 0 Å². The van der Waals surface area contributed by atoms with Crippen molar-refractivity contribution in [1.82, 2.24) is 9.88 Å². The first-order chi connectivity index (χ1) is 7.80. The van der Waals surface area contributed by atoms with Crippen molar-refractivity contribution >= 4 is 0 Å². The van der Waals surface area contributed by atoms with Gasteiger partial charge in [-0.2, -0.15) is 0 Å². The summed E-state index contributed by atoms with van der Waals surface area (Å²) in [6.45, 7) is 5.39. The van der Waals surface area contributed by atoms with Crippen LogP contribution in [0.4, 0.5) is 0 Å². The predicted molar refractivity (Wildman–Crippen MR) is 64.8 cm³/mol. The third-order valence-corrected chi connectivity index (χ3v) is 2.45. The highest BCUT2D eigenvalue weighted by molar-refractivity contribution is 5.16. The molecule has 0 amide bonds. The van der Waals surface area contributed by atoms with E-state index in [1.807, 2.05) is 12.1 Å². The van der Waals surface area contributed by atoms with Crippen LogP contribution >= 0.6 is 0 Å². The van der Waals surface area contributed by atoms with Crippen LogP contribution in [0.5, 0.6) is 0 Å². The molecule has 1 rings (SSSR count). The lowest BCUT2D eigenvalue weighted by atomic mass is 10.2. The zero-order chi connectivity index (χ0) is 11.8. The molecule has 16 heavy (non-hydrogen) atoms. The standard InChI is InChI=1S/C12H21N3O/c1-2-5-15(6-7-16)10-11-3-4-14-12(8-11)9-13/h3-4,8,16H,2,5-7,9-10,13H2,1H3. The van der Waals surface area contributed by atoms with Crippen LogP contribution < -0.4 is 5.73 Å². The maximum Gasteiger partial charge on any atom is 0.0558 e. The van der Waals surface area contributed by atoms with Gasteiger partial charge >= 0.3 is 0 Å². The number of nitrogens with two attached hydrogens (primary N) is 1. The molecule has 0 spiro atoms. The van der Waals surface area contributed by atoms with Gasteiger partial charge in [-0.3, -0.25) is 9.88 Å². The molecule has 1 aromatic heterocycles. The third kappa shape index (κ3) is 4.26. The van der Waals surface area contributed by atoms with Gasteiger partial charge in [0.2, 0.25) is 0 Å². The quantitative estimate of drug-likeness (QED) is 0.716. The average molecular weight is 223 g/mol. The van der Waals surface area contributed by atoms with Gasteiger partial charge in [-0.05, 0) is 30.7 Å². The van der Waals surface area contributed by atoms with Gasteiger partial charge in [-0.25, -0.2) is 0 Å². The smallest absolute Gasteiger partial charge is 0.0558 e. The van der Waals surface area contributed by atoms with Crippen LogP contribution in [0.3, 0.4) is 0 Å². The SMILES string of the molecule is CCCN(CCO)Cc1ccnc(CN)c1. The van der Waals surface area contributed by atoms with Crippen LogP contribution in [0.25, 0.3) is 0 Å². The molecule has 0 unspecified atom stereocenters. The summed E-state index contributed by atoms with van der Waals surface area (Å²) in [5, 5.41) is 8.97. The van der Waals surface area contributed by atoms with Crippen LogP contribution in [-0.4, -0.2) is 34.7 Å². The molecule has 1 heterocycles. The Morgan fingerprint density at radius 1 is 1.44 bits per heavy atom. The Balaban J connectivity index is 2.60. The summed E-state index contributed by atoms with van der Waals surface area (Å²) >= 11 is 0. The van der Waals surface area contributed by atoms with Crippen molar-refractivity contribution in [1.29, 1.82) is 0 Å². The van der Waals surface area contributed by atoms with Crippen molar-refractivity contribution in [2.75, 3.05) is 19.7 Å². The summed E-state index contributed by atoms with van der Waals surface area (Å²) < 4.78 is 0. The van der Waals surface area contributed by atoms with Crippen LogP contribution in [-0.2, 0) is 13.1 Å². The largest absolute Gasteiger partial charge is 0.395 e. The summed E-state index contributed by atoms with van der Waals surface area (Å²) in [5.41, 5.74) is 7.67. The molecule has 0 aliphatic carbocycles. The number of nitrogens with zero attached hydrogens (tertiary/aromatic N) is 2. The molecule has 0 aromatic carbocycles. The molecule has 0 radical (unpaired) electrons. The van der Waals surface area contributed by atoms with E-state index in [4.69, 9.17) is 10.8 Å². The summed E-state index contributed by atoms with van der Waals surface area (Å²) in [6, 6.07) is 4.03. The second-order valence-electron chi connectivity index (χ2n) is 3.86. The van der Waals surface area contributed by atoms with Gasteiger partial charge in [0.1, 0.15) is 0 Å². The molecule has 0 aliphatic heterocycles. The number of aliphatic hydroxyl groups is 1. The van der Waals surface area contributed by atoms with E-state index in [0.29, 0.717) is 13.1 Å². The molecule has 0 atom stereocenters. The van der Waals surface area contributed by atoms with Gasteiger partial charge in [-0.15, -0.1) is 0 Å². The minimum Gasteiger partial charge on any atom is -0.395 e. The van der Waals surface area contributed by atoms with Crippen molar-refractivity contribution in [3.8, 4) is 0 Å². The van der Waals surface area contributed by atoms with Gasteiger partial charge in [0.05, 0.1) is 12.3 Å². The van der Waals surface area contributed by atoms with Gasteiger partial charge in [0.25, 0.3) is 0 Å². The Morgan fingerprint density at radius 3 is 2.88 bits per heavy atom. The molecule has 1 aromatic rings. The summed E-state index contributed by atoms with van der Waals surface area (Å²) in [4.78, 5) is 6.40. The van der Waals surface area contributed by atoms with Crippen molar-refractivity contribution in [3.63, 3.8) is 0 Å². The molecule has 0 bridgehead atoms. The second kappa shape index (κ2) is 7.33. The molecule has 0 aliphatic rings. The van der Waals surface area contributed by atoms with Crippen molar-refractivity contribution in [2.24, 2.45) is 5.73 Å². The van der Waals surface area contributed by atoms with Gasteiger partial charge < -0.3 is 10.8 Å². The second-order valence-corrected chi connectivity index (χ2v) is 3.86. The summed E-state index contributed by atoms with van der Waals surface area (Å²) in [6.07, 6.45) is 2.88. The highest BCUT2D eigenvalue weighted by atomic mass is 16.3. The molecular formula is C12H21N3O.